The number of nitrogens with zero attached hydrogens (tertiary/aromatic N) is 2. The Morgan fingerprint density at radius 3 is 2.71 bits per heavy atom. The van der Waals surface area contributed by atoms with Crippen LogP contribution in [0.1, 0.15) is 5.56 Å². The predicted octanol–water partition coefficient (Wildman–Crippen LogP) is 3.16. The van der Waals surface area contributed by atoms with Crippen LogP contribution in [0.4, 0.5) is 11.4 Å². The maximum atomic E-state index is 11.7. The first-order chi connectivity index (χ1) is 13.3. The van der Waals surface area contributed by atoms with E-state index in [9.17, 15) is 19.7 Å². The van der Waals surface area contributed by atoms with E-state index < -0.39 is 23.3 Å². The fraction of sp³-hybridized carbons (Fsp3) is 0.118. The highest BCUT2D eigenvalue weighted by atomic mass is 35.5. The number of carbonyl (C=O) groups excluding carboxylic acids is 2. The third-order valence-electron chi connectivity index (χ3n) is 3.26. The normalized spacial score (nSPS) is 10.5. The molecule has 0 saturated carbocycles. The number of nitrogens with one attached hydrogen (secondary N) is 2. The fourth-order valence-corrected chi connectivity index (χ4v) is 2.44. The molecule has 146 valence electrons. The van der Waals surface area contributed by atoms with Crippen LogP contribution in [0.5, 0.6) is 0 Å². The number of rotatable bonds is 8. The number of amides is 2. The molecule has 0 fully saturated rings. The molecule has 2 aromatic carbocycles. The topological polar surface area (TPSA) is 123 Å². The van der Waals surface area contributed by atoms with Crippen molar-refractivity contribution in [3.8, 4) is 0 Å². The van der Waals surface area contributed by atoms with Crippen LogP contribution in [0.3, 0.4) is 0 Å². The molecule has 2 N–H and O–H groups in total. The van der Waals surface area contributed by atoms with Crippen LogP contribution in [0.25, 0.3) is 0 Å². The molecule has 0 aliphatic heterocycles. The van der Waals surface area contributed by atoms with E-state index in [1.165, 1.54) is 24.3 Å². The van der Waals surface area contributed by atoms with E-state index in [1.54, 1.807) is 18.2 Å². The van der Waals surface area contributed by atoms with Crippen molar-refractivity contribution >= 4 is 52.6 Å². The molecule has 0 radical (unpaired) electrons. The first-order valence-corrected chi connectivity index (χ1v) is 8.52. The Hall–Kier alpha value is -3.17. The number of non-ortho nitro benzene ring substituents is 1. The Kier molecular flexibility index (Phi) is 7.73. The second-order valence-corrected chi connectivity index (χ2v) is 6.16. The molecule has 0 bridgehead atoms. The molecule has 0 aliphatic rings. The molecule has 2 amide bonds. The minimum absolute atomic E-state index is 0.163. The highest BCUT2D eigenvalue weighted by Crippen LogP contribution is 2.20. The van der Waals surface area contributed by atoms with Gasteiger partial charge in [-0.05, 0) is 23.8 Å². The average Bonchev–Trinajstić information content (AvgIpc) is 2.64. The van der Waals surface area contributed by atoms with Gasteiger partial charge in [0.25, 0.3) is 17.5 Å². The number of nitro groups is 1. The number of hydrogen-bond donors (Lipinski definition) is 2. The number of carbonyl (C=O) groups is 2. The zero-order valence-electron chi connectivity index (χ0n) is 14.2. The SMILES string of the molecule is O=C(C=NOCC(=O)NCc1ccc(Cl)cc1Cl)Nc1cccc([N+](=O)[O-])c1. The molecule has 0 saturated heterocycles. The molecule has 9 nitrogen and oxygen atoms in total. The van der Waals surface area contributed by atoms with Crippen molar-refractivity contribution in [3.63, 3.8) is 0 Å². The molecule has 28 heavy (non-hydrogen) atoms. The Labute approximate surface area is 169 Å². The number of hydrogen-bond acceptors (Lipinski definition) is 6. The van der Waals surface area contributed by atoms with E-state index in [-0.39, 0.29) is 17.9 Å². The Morgan fingerprint density at radius 2 is 2.00 bits per heavy atom. The zero-order chi connectivity index (χ0) is 20.5. The van der Waals surface area contributed by atoms with Crippen LogP contribution in [-0.2, 0) is 21.0 Å². The van der Waals surface area contributed by atoms with Crippen LogP contribution in [0, 0.1) is 10.1 Å². The van der Waals surface area contributed by atoms with Gasteiger partial charge in [0.05, 0.1) is 4.92 Å². The van der Waals surface area contributed by atoms with Crippen molar-refractivity contribution in [2.75, 3.05) is 11.9 Å². The minimum atomic E-state index is -0.672. The van der Waals surface area contributed by atoms with Gasteiger partial charge in [0, 0.05) is 34.4 Å². The fourth-order valence-electron chi connectivity index (χ4n) is 1.96. The van der Waals surface area contributed by atoms with Crippen molar-refractivity contribution < 1.29 is 19.3 Å². The maximum Gasteiger partial charge on any atom is 0.271 e. The molecule has 0 heterocycles. The molecule has 2 rings (SSSR count). The second kappa shape index (κ2) is 10.2. The summed E-state index contributed by atoms with van der Waals surface area (Å²) in [5, 5.41) is 19.9. The lowest BCUT2D eigenvalue weighted by atomic mass is 10.2. The Balaban J connectivity index is 1.73. The summed E-state index contributed by atoms with van der Waals surface area (Å²) >= 11 is 11.8. The lowest BCUT2D eigenvalue weighted by Crippen LogP contribution is -2.26. The molecule has 0 aromatic heterocycles. The highest BCUT2D eigenvalue weighted by molar-refractivity contribution is 6.35. The molecule has 0 spiro atoms. The number of halogens is 2. The van der Waals surface area contributed by atoms with Gasteiger partial charge in [0.15, 0.2) is 6.61 Å². The van der Waals surface area contributed by atoms with Crippen molar-refractivity contribution in [2.24, 2.45) is 5.16 Å². The zero-order valence-corrected chi connectivity index (χ0v) is 15.7. The highest BCUT2D eigenvalue weighted by Gasteiger charge is 2.08. The van der Waals surface area contributed by atoms with E-state index >= 15 is 0 Å². The van der Waals surface area contributed by atoms with Gasteiger partial charge < -0.3 is 15.5 Å². The van der Waals surface area contributed by atoms with Gasteiger partial charge in [-0.3, -0.25) is 19.7 Å². The summed E-state index contributed by atoms with van der Waals surface area (Å²) in [6, 6.07) is 10.3. The number of benzene rings is 2. The summed E-state index contributed by atoms with van der Waals surface area (Å²) in [7, 11) is 0. The van der Waals surface area contributed by atoms with Gasteiger partial charge >= 0.3 is 0 Å². The summed E-state index contributed by atoms with van der Waals surface area (Å²) in [4.78, 5) is 38.2. The lowest BCUT2D eigenvalue weighted by Gasteiger charge is -2.06. The number of nitro benzene ring substituents is 1. The molecule has 2 aromatic rings. The summed E-state index contributed by atoms with van der Waals surface area (Å²) in [5.41, 5.74) is 0.742. The van der Waals surface area contributed by atoms with E-state index in [4.69, 9.17) is 28.0 Å². The quantitative estimate of drug-likeness (QED) is 0.382. The first kappa shape index (κ1) is 21.1. The average molecular weight is 425 g/mol. The van der Waals surface area contributed by atoms with Gasteiger partial charge in [-0.1, -0.05) is 40.5 Å². The number of anilines is 1. The maximum absolute atomic E-state index is 11.7. The van der Waals surface area contributed by atoms with Crippen LogP contribution in [0.2, 0.25) is 10.0 Å². The largest absolute Gasteiger partial charge is 0.386 e. The summed E-state index contributed by atoms with van der Waals surface area (Å²) in [5.74, 6) is -1.14. The van der Waals surface area contributed by atoms with Crippen LogP contribution in [0.15, 0.2) is 47.6 Å². The second-order valence-electron chi connectivity index (χ2n) is 5.32. The monoisotopic (exact) mass is 424 g/mol. The van der Waals surface area contributed by atoms with Crippen molar-refractivity contribution in [3.05, 3.63) is 68.2 Å². The molecule has 0 aliphatic carbocycles. The standard InChI is InChI=1S/C17H14Cl2N4O5/c18-12-5-4-11(15(19)6-12)8-20-17(25)10-28-21-9-16(24)22-13-2-1-3-14(7-13)23(26)27/h1-7,9H,8,10H2,(H,20,25)(H,22,24). The van der Waals surface area contributed by atoms with Gasteiger partial charge in [-0.2, -0.15) is 0 Å². The van der Waals surface area contributed by atoms with Gasteiger partial charge in [0.2, 0.25) is 0 Å². The first-order valence-electron chi connectivity index (χ1n) is 7.76. The molecular weight excluding hydrogens is 411 g/mol. The van der Waals surface area contributed by atoms with Crippen molar-refractivity contribution in [1.29, 1.82) is 0 Å². The summed E-state index contributed by atoms with van der Waals surface area (Å²) in [6.07, 6.45) is 0.808. The summed E-state index contributed by atoms with van der Waals surface area (Å²) in [6.45, 7) is -0.235. The van der Waals surface area contributed by atoms with Crippen LogP contribution >= 0.6 is 23.2 Å². The van der Waals surface area contributed by atoms with E-state index in [1.807, 2.05) is 0 Å². The molecule has 11 heteroatoms. The molecular formula is C17H14Cl2N4O5. The number of oxime groups is 1. The Bertz CT molecular complexity index is 920. The lowest BCUT2D eigenvalue weighted by molar-refractivity contribution is -0.384. The Morgan fingerprint density at radius 1 is 1.21 bits per heavy atom. The van der Waals surface area contributed by atoms with Crippen molar-refractivity contribution in [2.45, 2.75) is 6.54 Å². The minimum Gasteiger partial charge on any atom is -0.386 e. The predicted molar refractivity (Wildman–Crippen MR) is 104 cm³/mol. The van der Waals surface area contributed by atoms with Gasteiger partial charge in [0.1, 0.15) is 6.21 Å². The van der Waals surface area contributed by atoms with Crippen LogP contribution in [-0.4, -0.2) is 29.6 Å². The van der Waals surface area contributed by atoms with Gasteiger partial charge in [-0.15, -0.1) is 0 Å². The third-order valence-corrected chi connectivity index (χ3v) is 3.84. The van der Waals surface area contributed by atoms with E-state index in [0.717, 1.165) is 6.21 Å². The van der Waals surface area contributed by atoms with Crippen LogP contribution < -0.4 is 10.6 Å². The van der Waals surface area contributed by atoms with Gasteiger partial charge in [-0.25, -0.2) is 0 Å². The van der Waals surface area contributed by atoms with E-state index in [2.05, 4.69) is 15.8 Å². The summed E-state index contributed by atoms with van der Waals surface area (Å²) < 4.78 is 0. The smallest absolute Gasteiger partial charge is 0.271 e. The molecule has 0 unspecified atom stereocenters. The third kappa shape index (κ3) is 6.86. The molecule has 0 atom stereocenters. The van der Waals surface area contributed by atoms with Crippen molar-refractivity contribution in [1.82, 2.24) is 5.32 Å². The van der Waals surface area contributed by atoms with E-state index in [0.29, 0.717) is 15.6 Å².